The lowest BCUT2D eigenvalue weighted by molar-refractivity contribution is -0.0451. The molecule has 2 aromatic rings. The van der Waals surface area contributed by atoms with Crippen LogP contribution in [-0.4, -0.2) is 59.7 Å². The molecule has 1 aliphatic heterocycles. The zero-order valence-corrected chi connectivity index (χ0v) is 22.5. The van der Waals surface area contributed by atoms with Gasteiger partial charge in [-0.3, -0.25) is 18.9 Å². The van der Waals surface area contributed by atoms with Gasteiger partial charge in [0.05, 0.1) is 31.5 Å². The predicted molar refractivity (Wildman–Crippen MR) is 131 cm³/mol. The average molecular weight is 614 g/mol. The standard InChI is InChI=1S/C19H25N2O15P3/c22-15-9-17(34-16(15)12-33-38(28,29)36-39(30,31)35-37(25,26)27)21-10-14(18(23)20-19(21)24)11-32-8-4-7-13-5-2-1-3-6-13/h1-7,10,15-17,22H,8-9,11-12H2,(H,28,29)(H,30,31)(H,20,23,24)(H2,25,26,27)/t15-,16+,17+/m0/s1. The van der Waals surface area contributed by atoms with Crippen LogP contribution in [0.5, 0.6) is 0 Å². The van der Waals surface area contributed by atoms with Gasteiger partial charge >= 0.3 is 29.2 Å². The molecule has 1 fully saturated rings. The molecule has 6 N–H and O–H groups in total. The molecule has 1 saturated heterocycles. The second-order valence-corrected chi connectivity index (χ2v) is 12.4. The highest BCUT2D eigenvalue weighted by Crippen LogP contribution is 2.66. The van der Waals surface area contributed by atoms with Crippen LogP contribution < -0.4 is 11.2 Å². The molecule has 0 radical (unpaired) electrons. The molecule has 0 bridgehead atoms. The highest BCUT2D eigenvalue weighted by atomic mass is 31.3. The predicted octanol–water partition coefficient (Wildman–Crippen LogP) is 0.758. The molecule has 1 aromatic carbocycles. The van der Waals surface area contributed by atoms with Gasteiger partial charge in [-0.2, -0.15) is 8.62 Å². The lowest BCUT2D eigenvalue weighted by atomic mass is 10.2. The zero-order chi connectivity index (χ0) is 28.8. The van der Waals surface area contributed by atoms with Crippen molar-refractivity contribution in [2.45, 2.75) is 31.5 Å². The number of phosphoric acid groups is 3. The first kappa shape index (κ1) is 31.5. The Morgan fingerprint density at radius 1 is 1.05 bits per heavy atom. The Bertz CT molecular complexity index is 1420. The molecule has 216 valence electrons. The first-order chi connectivity index (χ1) is 18.1. The molecular weight excluding hydrogens is 589 g/mol. The lowest BCUT2D eigenvalue weighted by Gasteiger charge is -2.19. The van der Waals surface area contributed by atoms with Crippen molar-refractivity contribution in [3.63, 3.8) is 0 Å². The van der Waals surface area contributed by atoms with Crippen LogP contribution in [0.4, 0.5) is 0 Å². The van der Waals surface area contributed by atoms with E-state index in [0.717, 1.165) is 10.1 Å². The van der Waals surface area contributed by atoms with E-state index in [9.17, 15) is 38.2 Å². The van der Waals surface area contributed by atoms with Crippen LogP contribution in [0.15, 0.2) is 52.2 Å². The number of hydrogen-bond donors (Lipinski definition) is 6. The minimum Gasteiger partial charge on any atom is -0.390 e. The van der Waals surface area contributed by atoms with E-state index in [-0.39, 0.29) is 25.2 Å². The number of aliphatic hydroxyl groups excluding tert-OH is 1. The van der Waals surface area contributed by atoms with Crippen molar-refractivity contribution in [1.82, 2.24) is 9.55 Å². The number of aliphatic hydroxyl groups is 1. The molecule has 0 saturated carbocycles. The second-order valence-electron chi connectivity index (χ2n) is 7.97. The first-order valence-electron chi connectivity index (χ1n) is 10.9. The molecule has 1 aromatic heterocycles. The van der Waals surface area contributed by atoms with Crippen LogP contribution in [-0.2, 0) is 42.9 Å². The SMILES string of the molecule is O=c1[nH]c(=O)n([C@H]2C[C@H](O)[C@@H](COP(=O)(O)OP(=O)(O)OP(=O)(O)O)O2)cc1COCC=Cc1ccccc1. The summed E-state index contributed by atoms with van der Waals surface area (Å²) in [5.41, 5.74) is -0.561. The molecule has 20 heteroatoms. The second kappa shape index (κ2) is 13.1. The van der Waals surface area contributed by atoms with E-state index in [0.29, 0.717) is 0 Å². The fourth-order valence-electron chi connectivity index (χ4n) is 3.34. The van der Waals surface area contributed by atoms with E-state index < -0.39 is 59.8 Å². The Morgan fingerprint density at radius 3 is 2.41 bits per heavy atom. The largest absolute Gasteiger partial charge is 0.490 e. The number of rotatable bonds is 13. The first-order valence-corrected chi connectivity index (χ1v) is 15.4. The quantitative estimate of drug-likeness (QED) is 0.134. The van der Waals surface area contributed by atoms with Crippen molar-refractivity contribution in [2.75, 3.05) is 13.2 Å². The number of ether oxygens (including phenoxy) is 2. The highest BCUT2D eigenvalue weighted by molar-refractivity contribution is 7.66. The van der Waals surface area contributed by atoms with Crippen LogP contribution in [0, 0.1) is 0 Å². The van der Waals surface area contributed by atoms with Crippen molar-refractivity contribution >= 4 is 29.5 Å². The van der Waals surface area contributed by atoms with Gasteiger partial charge in [-0.05, 0) is 5.56 Å². The monoisotopic (exact) mass is 614 g/mol. The molecule has 0 spiro atoms. The summed E-state index contributed by atoms with van der Waals surface area (Å²) in [7, 11) is -16.7. The fourth-order valence-corrected chi connectivity index (χ4v) is 6.37. The van der Waals surface area contributed by atoms with Gasteiger partial charge < -0.3 is 34.2 Å². The van der Waals surface area contributed by atoms with Gasteiger partial charge in [0.25, 0.3) is 5.56 Å². The van der Waals surface area contributed by atoms with Crippen LogP contribution in [0.2, 0.25) is 0 Å². The smallest absolute Gasteiger partial charge is 0.390 e. The number of phosphoric ester groups is 1. The van der Waals surface area contributed by atoms with Crippen molar-refractivity contribution in [3.8, 4) is 0 Å². The molecule has 0 aliphatic carbocycles. The number of benzene rings is 1. The number of aromatic nitrogens is 2. The third-order valence-corrected chi connectivity index (χ3v) is 8.76. The summed E-state index contributed by atoms with van der Waals surface area (Å²) in [4.78, 5) is 62.5. The van der Waals surface area contributed by atoms with Crippen molar-refractivity contribution in [2.24, 2.45) is 0 Å². The number of hydrogen-bond acceptors (Lipinski definition) is 11. The summed E-state index contributed by atoms with van der Waals surface area (Å²) in [6, 6.07) is 9.40. The molecule has 5 atom stereocenters. The summed E-state index contributed by atoms with van der Waals surface area (Å²) in [6.45, 7) is -0.919. The number of nitrogens with one attached hydrogen (secondary N) is 1. The maximum Gasteiger partial charge on any atom is 0.490 e. The summed E-state index contributed by atoms with van der Waals surface area (Å²) < 4.78 is 57.6. The van der Waals surface area contributed by atoms with Crippen LogP contribution in [0.1, 0.15) is 23.8 Å². The molecule has 2 heterocycles. The molecule has 1 aliphatic rings. The number of nitrogens with zero attached hydrogens (tertiary/aromatic N) is 1. The van der Waals surface area contributed by atoms with E-state index in [1.54, 1.807) is 6.08 Å². The molecule has 0 amide bonds. The van der Waals surface area contributed by atoms with Crippen LogP contribution in [0.25, 0.3) is 6.08 Å². The minimum absolute atomic E-state index is 0.0671. The van der Waals surface area contributed by atoms with Gasteiger partial charge in [-0.15, -0.1) is 0 Å². The average Bonchev–Trinajstić information content (AvgIpc) is 3.17. The summed E-state index contributed by atoms with van der Waals surface area (Å²) in [5, 5.41) is 10.2. The van der Waals surface area contributed by atoms with E-state index in [2.05, 4.69) is 18.1 Å². The molecule has 39 heavy (non-hydrogen) atoms. The topological polar surface area (TPSA) is 253 Å². The van der Waals surface area contributed by atoms with Gasteiger partial charge in [0.2, 0.25) is 0 Å². The third-order valence-electron chi connectivity index (χ3n) is 4.96. The van der Waals surface area contributed by atoms with Gasteiger partial charge in [0.1, 0.15) is 12.3 Å². The highest BCUT2D eigenvalue weighted by Gasteiger charge is 2.43. The maximum absolute atomic E-state index is 12.3. The Morgan fingerprint density at radius 2 is 1.74 bits per heavy atom. The zero-order valence-electron chi connectivity index (χ0n) is 19.8. The number of H-pyrrole nitrogens is 1. The molecule has 17 nitrogen and oxygen atoms in total. The van der Waals surface area contributed by atoms with Crippen molar-refractivity contribution in [1.29, 1.82) is 0 Å². The summed E-state index contributed by atoms with van der Waals surface area (Å²) >= 11 is 0. The van der Waals surface area contributed by atoms with E-state index in [1.807, 2.05) is 36.4 Å². The summed E-state index contributed by atoms with van der Waals surface area (Å²) in [6.07, 6.45) is 0.612. The Kier molecular flexibility index (Phi) is 10.5. The van der Waals surface area contributed by atoms with E-state index in [4.69, 9.17) is 19.3 Å². The normalized spacial score (nSPS) is 23.1. The third kappa shape index (κ3) is 10.1. The minimum atomic E-state index is -5.72. The molecular formula is C19H25N2O15P3. The lowest BCUT2D eigenvalue weighted by Crippen LogP contribution is -2.34. The van der Waals surface area contributed by atoms with Gasteiger partial charge in [-0.1, -0.05) is 42.5 Å². The van der Waals surface area contributed by atoms with Crippen LogP contribution in [0.3, 0.4) is 0 Å². The maximum atomic E-state index is 12.3. The van der Waals surface area contributed by atoms with Crippen molar-refractivity contribution < 1.29 is 61.0 Å². The Labute approximate surface area is 219 Å². The van der Waals surface area contributed by atoms with Gasteiger partial charge in [0, 0.05) is 12.6 Å². The van der Waals surface area contributed by atoms with Crippen LogP contribution >= 0.6 is 23.5 Å². The van der Waals surface area contributed by atoms with Gasteiger partial charge in [0.15, 0.2) is 0 Å². The fraction of sp³-hybridized carbons (Fsp3) is 0.368. The van der Waals surface area contributed by atoms with Gasteiger partial charge in [-0.25, -0.2) is 18.5 Å². The molecule has 2 unspecified atom stereocenters. The summed E-state index contributed by atoms with van der Waals surface area (Å²) in [5.74, 6) is 0. The number of aromatic amines is 1. The Balaban J connectivity index is 1.59. The molecule has 3 rings (SSSR count). The van der Waals surface area contributed by atoms with E-state index >= 15 is 0 Å². The Hall–Kier alpha value is -2.07. The van der Waals surface area contributed by atoms with E-state index in [1.165, 1.54) is 6.20 Å². The van der Waals surface area contributed by atoms with Crippen molar-refractivity contribution in [3.05, 3.63) is 74.6 Å².